The molecular formula is C18H24N6O. The summed E-state index contributed by atoms with van der Waals surface area (Å²) in [6, 6.07) is 2.09. The first-order chi connectivity index (χ1) is 12.1. The molecule has 0 unspecified atom stereocenters. The van der Waals surface area contributed by atoms with Crippen molar-refractivity contribution in [1.29, 1.82) is 0 Å². The van der Waals surface area contributed by atoms with E-state index in [0.29, 0.717) is 6.54 Å². The Kier molecular flexibility index (Phi) is 4.15. The number of aromatic nitrogens is 4. The quantitative estimate of drug-likeness (QED) is 0.917. The summed E-state index contributed by atoms with van der Waals surface area (Å²) in [5.74, 6) is 1.30. The molecule has 132 valence electrons. The van der Waals surface area contributed by atoms with Gasteiger partial charge in [-0.15, -0.1) is 0 Å². The highest BCUT2D eigenvalue weighted by molar-refractivity contribution is 5.79. The van der Waals surface area contributed by atoms with E-state index < -0.39 is 0 Å². The Bertz CT molecular complexity index is 795. The third-order valence-corrected chi connectivity index (χ3v) is 5.27. The fraction of sp³-hybridized carbons (Fsp3) is 0.556. The maximum Gasteiger partial charge on any atom is 0.223 e. The molecule has 1 aliphatic carbocycles. The van der Waals surface area contributed by atoms with Gasteiger partial charge in [0.1, 0.15) is 5.82 Å². The van der Waals surface area contributed by atoms with Crippen LogP contribution in [0.15, 0.2) is 12.3 Å². The van der Waals surface area contributed by atoms with Crippen molar-refractivity contribution in [3.05, 3.63) is 35.0 Å². The first-order valence-corrected chi connectivity index (χ1v) is 8.98. The van der Waals surface area contributed by atoms with Crippen molar-refractivity contribution in [2.24, 2.45) is 5.92 Å². The first-order valence-electron chi connectivity index (χ1n) is 8.98. The molecule has 0 saturated heterocycles. The predicted octanol–water partition coefficient (Wildman–Crippen LogP) is 1.73. The monoisotopic (exact) mass is 340 g/mol. The Balaban J connectivity index is 1.41. The molecular weight excluding hydrogens is 316 g/mol. The minimum absolute atomic E-state index is 0.171. The zero-order valence-corrected chi connectivity index (χ0v) is 14.8. The lowest BCUT2D eigenvalue weighted by Gasteiger charge is -2.28. The van der Waals surface area contributed by atoms with Crippen molar-refractivity contribution in [1.82, 2.24) is 25.1 Å². The number of nitrogens with zero attached hydrogens (tertiary/aromatic N) is 5. The summed E-state index contributed by atoms with van der Waals surface area (Å²) < 4.78 is 2.04. The van der Waals surface area contributed by atoms with Gasteiger partial charge in [-0.3, -0.25) is 14.5 Å². The topological polar surface area (TPSA) is 75.9 Å². The molecule has 0 spiro atoms. The number of rotatable bonds is 4. The maximum atomic E-state index is 12.0. The van der Waals surface area contributed by atoms with Crippen LogP contribution in [0.25, 0.3) is 0 Å². The van der Waals surface area contributed by atoms with E-state index in [1.54, 1.807) is 0 Å². The second-order valence-electron chi connectivity index (χ2n) is 7.02. The lowest BCUT2D eigenvalue weighted by molar-refractivity contribution is -0.127. The summed E-state index contributed by atoms with van der Waals surface area (Å²) in [5, 5.41) is 7.64. The summed E-state index contributed by atoms with van der Waals surface area (Å²) in [5.41, 5.74) is 4.01. The molecule has 1 amide bonds. The Morgan fingerprint density at radius 1 is 1.28 bits per heavy atom. The minimum Gasteiger partial charge on any atom is -0.350 e. The van der Waals surface area contributed by atoms with Crippen LogP contribution in [0.3, 0.4) is 0 Å². The normalized spacial score (nSPS) is 17.1. The number of aryl methyl sites for hydroxylation is 2. The summed E-state index contributed by atoms with van der Waals surface area (Å²) in [6.45, 7) is 6.92. The molecule has 2 aliphatic rings. The fourth-order valence-electron chi connectivity index (χ4n) is 3.28. The Morgan fingerprint density at radius 3 is 2.84 bits per heavy atom. The van der Waals surface area contributed by atoms with Crippen molar-refractivity contribution in [3.8, 4) is 0 Å². The lowest BCUT2D eigenvalue weighted by atomic mass is 9.85. The van der Waals surface area contributed by atoms with E-state index in [4.69, 9.17) is 0 Å². The molecule has 4 rings (SSSR count). The number of nitrogens with one attached hydrogen (secondary N) is 1. The van der Waals surface area contributed by atoms with Gasteiger partial charge in [0.15, 0.2) is 0 Å². The number of fused-ring (bicyclic) bond motifs is 1. The molecule has 25 heavy (non-hydrogen) atoms. The Hall–Kier alpha value is -2.44. The van der Waals surface area contributed by atoms with Crippen LogP contribution in [0.1, 0.15) is 42.0 Å². The molecule has 1 fully saturated rings. The van der Waals surface area contributed by atoms with Crippen molar-refractivity contribution in [2.75, 3.05) is 11.4 Å². The van der Waals surface area contributed by atoms with Gasteiger partial charge in [0, 0.05) is 12.5 Å². The highest BCUT2D eigenvalue weighted by Gasteiger charge is 2.25. The molecule has 2 aromatic heterocycles. The van der Waals surface area contributed by atoms with Gasteiger partial charge in [0.25, 0.3) is 0 Å². The minimum atomic E-state index is 0.171. The van der Waals surface area contributed by atoms with Gasteiger partial charge in [-0.1, -0.05) is 6.42 Å². The van der Waals surface area contributed by atoms with Gasteiger partial charge in [0.2, 0.25) is 5.91 Å². The van der Waals surface area contributed by atoms with Gasteiger partial charge in [-0.05, 0) is 32.8 Å². The lowest BCUT2D eigenvalue weighted by Crippen LogP contribution is -2.34. The van der Waals surface area contributed by atoms with Crippen molar-refractivity contribution < 1.29 is 4.79 Å². The van der Waals surface area contributed by atoms with Crippen LogP contribution in [0.2, 0.25) is 0 Å². The predicted molar refractivity (Wildman–Crippen MR) is 94.0 cm³/mol. The molecule has 2 aromatic rings. The number of carbonyl (C=O) groups excluding carboxylic acids is 1. The number of anilines is 1. The molecule has 1 aliphatic heterocycles. The van der Waals surface area contributed by atoms with E-state index in [9.17, 15) is 4.79 Å². The highest BCUT2D eigenvalue weighted by Crippen LogP contribution is 2.26. The number of carbonyl (C=O) groups is 1. The largest absolute Gasteiger partial charge is 0.350 e. The maximum absolute atomic E-state index is 12.0. The third kappa shape index (κ3) is 3.23. The number of amides is 1. The Labute approximate surface area is 147 Å². The van der Waals surface area contributed by atoms with E-state index in [1.165, 1.54) is 6.42 Å². The standard InChI is InChI=1S/C18H24N6O/c1-12-13(2)21-17(10-19-12)23-6-7-24-16(11-23)8-15(22-24)9-20-18(25)14-4-3-5-14/h8,10,14H,3-7,9,11H2,1-2H3,(H,20,25). The second-order valence-corrected chi connectivity index (χ2v) is 7.02. The van der Waals surface area contributed by atoms with Crippen LogP contribution in [-0.4, -0.2) is 32.2 Å². The number of hydrogen-bond donors (Lipinski definition) is 1. The van der Waals surface area contributed by atoms with Crippen LogP contribution in [0.4, 0.5) is 5.82 Å². The van der Waals surface area contributed by atoms with Gasteiger partial charge in [-0.2, -0.15) is 5.10 Å². The fourth-order valence-corrected chi connectivity index (χ4v) is 3.28. The van der Waals surface area contributed by atoms with E-state index in [1.807, 2.05) is 24.7 Å². The van der Waals surface area contributed by atoms with Crippen molar-refractivity contribution in [2.45, 2.75) is 52.7 Å². The van der Waals surface area contributed by atoms with Crippen molar-refractivity contribution >= 4 is 11.7 Å². The molecule has 7 nitrogen and oxygen atoms in total. The molecule has 1 saturated carbocycles. The summed E-state index contributed by atoms with van der Waals surface area (Å²) in [7, 11) is 0. The molecule has 0 aromatic carbocycles. The molecule has 0 radical (unpaired) electrons. The second kappa shape index (κ2) is 6.46. The average Bonchev–Trinajstić information content (AvgIpc) is 2.96. The van der Waals surface area contributed by atoms with Gasteiger partial charge < -0.3 is 10.2 Å². The molecule has 1 N–H and O–H groups in total. The zero-order chi connectivity index (χ0) is 17.4. The Morgan fingerprint density at radius 2 is 2.12 bits per heavy atom. The van der Waals surface area contributed by atoms with Crippen LogP contribution >= 0.6 is 0 Å². The van der Waals surface area contributed by atoms with Gasteiger partial charge in [0.05, 0.1) is 48.6 Å². The van der Waals surface area contributed by atoms with Crippen LogP contribution < -0.4 is 10.2 Å². The van der Waals surface area contributed by atoms with Crippen molar-refractivity contribution in [3.63, 3.8) is 0 Å². The molecule has 3 heterocycles. The highest BCUT2D eigenvalue weighted by atomic mass is 16.1. The summed E-state index contributed by atoms with van der Waals surface area (Å²) in [4.78, 5) is 23.3. The smallest absolute Gasteiger partial charge is 0.223 e. The van der Waals surface area contributed by atoms with E-state index >= 15 is 0 Å². The summed E-state index contributed by atoms with van der Waals surface area (Å²) >= 11 is 0. The molecule has 7 heteroatoms. The van der Waals surface area contributed by atoms with Gasteiger partial charge >= 0.3 is 0 Å². The summed E-state index contributed by atoms with van der Waals surface area (Å²) in [6.07, 6.45) is 5.07. The van der Waals surface area contributed by atoms with E-state index in [-0.39, 0.29) is 11.8 Å². The average molecular weight is 340 g/mol. The third-order valence-electron chi connectivity index (χ3n) is 5.27. The van der Waals surface area contributed by atoms with Gasteiger partial charge in [-0.25, -0.2) is 4.98 Å². The van der Waals surface area contributed by atoms with E-state index in [0.717, 1.165) is 61.1 Å². The SMILES string of the molecule is Cc1ncc(N2CCn3nc(CNC(=O)C4CCC4)cc3C2)nc1C. The van der Waals surface area contributed by atoms with Crippen LogP contribution in [0.5, 0.6) is 0 Å². The molecule has 0 bridgehead atoms. The van der Waals surface area contributed by atoms with Crippen LogP contribution in [0, 0.1) is 19.8 Å². The number of hydrogen-bond acceptors (Lipinski definition) is 5. The molecule has 0 atom stereocenters. The zero-order valence-electron chi connectivity index (χ0n) is 14.8. The van der Waals surface area contributed by atoms with Crippen LogP contribution in [-0.2, 0) is 24.4 Å². The van der Waals surface area contributed by atoms with E-state index in [2.05, 4.69) is 31.3 Å². The first kappa shape index (κ1) is 16.1.